The Balaban J connectivity index is 1.65. The van der Waals surface area contributed by atoms with Crippen molar-refractivity contribution in [1.29, 1.82) is 0 Å². The Hall–Kier alpha value is -1.51. The number of sulfone groups is 1. The van der Waals surface area contributed by atoms with E-state index in [9.17, 15) is 23.7 Å². The summed E-state index contributed by atoms with van der Waals surface area (Å²) in [5.41, 5.74) is 3.27. The van der Waals surface area contributed by atoms with Gasteiger partial charge in [-0.25, -0.2) is 8.42 Å². The van der Waals surface area contributed by atoms with Crippen molar-refractivity contribution in [3.8, 4) is 0 Å². The van der Waals surface area contributed by atoms with Gasteiger partial charge in [-0.3, -0.25) is 0 Å². The van der Waals surface area contributed by atoms with Crippen molar-refractivity contribution in [2.24, 2.45) is 23.2 Å². The highest BCUT2D eigenvalue weighted by atomic mass is 32.2. The highest BCUT2D eigenvalue weighted by Crippen LogP contribution is 2.60. The van der Waals surface area contributed by atoms with Gasteiger partial charge in [0.1, 0.15) is 0 Å². The fraction of sp³-hybridized carbons (Fsp3) is 0.700. The van der Waals surface area contributed by atoms with Gasteiger partial charge in [0.25, 0.3) is 0 Å². The summed E-state index contributed by atoms with van der Waals surface area (Å²) in [6.45, 7) is 25.4. The lowest BCUT2D eigenvalue weighted by molar-refractivity contribution is -0.0547. The second-order valence-corrected chi connectivity index (χ2v) is 25.7. The SMILES string of the molecule is C=C1CC[C@@](O)([Si](C)(C)C(C)(C)C)C/C1=C/C=C1CCC[C@@]2(C)C1CC[C@@H]2[C@H](C)C(C[C@H](O)C(C)(C)O)S(=O)(=O)c1ccc(C)cc1. The van der Waals surface area contributed by atoms with E-state index in [1.807, 2.05) is 19.1 Å². The van der Waals surface area contributed by atoms with E-state index in [2.05, 4.69) is 66.4 Å². The number of allylic oxidation sites excluding steroid dienone is 4. The van der Waals surface area contributed by atoms with Gasteiger partial charge in [0, 0.05) is 0 Å². The van der Waals surface area contributed by atoms with Crippen molar-refractivity contribution in [3.63, 3.8) is 0 Å². The molecular weight excluding hydrogens is 621 g/mol. The Labute approximate surface area is 287 Å². The Morgan fingerprint density at radius 3 is 2.23 bits per heavy atom. The molecule has 3 N–H and O–H groups in total. The largest absolute Gasteiger partial charge is 0.393 e. The molecule has 0 aliphatic heterocycles. The zero-order chi connectivity index (χ0) is 35.4. The molecular formula is C40H64O5SSi. The van der Waals surface area contributed by atoms with Crippen molar-refractivity contribution in [2.75, 3.05) is 0 Å². The standard InChI is InChI=1S/C40H64O5SSi/c1-27-14-18-32(19-15-27)46(44,45)35(25-36(41)38(7,8)42)29(3)33-20-21-34-30(13-12-23-39(33,34)9)16-17-31-26-40(43,24-22-28(31)2)47(10,11)37(4,5)6/h14-19,29,33-36,41-43H,2,12-13,20-26H2,1,3-11H3/b30-16?,31-17-/t29-,33+,34?,35?,36-,39+,40+/m0/s1. The van der Waals surface area contributed by atoms with Gasteiger partial charge in [-0.15, -0.1) is 0 Å². The van der Waals surface area contributed by atoms with Crippen molar-refractivity contribution in [3.05, 3.63) is 65.3 Å². The van der Waals surface area contributed by atoms with Crippen molar-refractivity contribution < 1.29 is 23.7 Å². The molecule has 0 radical (unpaired) electrons. The van der Waals surface area contributed by atoms with Crippen molar-refractivity contribution >= 4 is 17.9 Å². The quantitative estimate of drug-likeness (QED) is 0.226. The molecule has 5 nitrogen and oxygen atoms in total. The molecule has 7 atom stereocenters. The van der Waals surface area contributed by atoms with E-state index in [4.69, 9.17) is 0 Å². The van der Waals surface area contributed by atoms with E-state index in [1.165, 1.54) is 11.1 Å². The molecule has 264 valence electrons. The molecule has 3 fully saturated rings. The first-order valence-corrected chi connectivity index (χ1v) is 22.5. The van der Waals surface area contributed by atoms with Crippen LogP contribution in [-0.4, -0.2) is 54.0 Å². The normalized spacial score (nSPS) is 31.6. The van der Waals surface area contributed by atoms with E-state index >= 15 is 0 Å². The summed E-state index contributed by atoms with van der Waals surface area (Å²) in [4.78, 5) is 0.281. The number of hydrogen-bond donors (Lipinski definition) is 3. The van der Waals surface area contributed by atoms with E-state index in [-0.39, 0.29) is 33.6 Å². The molecule has 4 rings (SSSR count). The maximum absolute atomic E-state index is 14.3. The monoisotopic (exact) mass is 684 g/mol. The van der Waals surface area contributed by atoms with Gasteiger partial charge >= 0.3 is 0 Å². The fourth-order valence-corrected chi connectivity index (χ4v) is 13.9. The maximum Gasteiger partial charge on any atom is 0.181 e. The molecule has 2 unspecified atom stereocenters. The third-order valence-corrected chi connectivity index (χ3v) is 22.4. The Morgan fingerprint density at radius 2 is 1.66 bits per heavy atom. The highest BCUT2D eigenvalue weighted by Gasteiger charge is 2.55. The fourth-order valence-electron chi connectivity index (χ4n) is 9.10. The minimum atomic E-state index is -3.78. The van der Waals surface area contributed by atoms with Crippen LogP contribution < -0.4 is 0 Å². The summed E-state index contributed by atoms with van der Waals surface area (Å²) in [6.07, 6.45) is 10.8. The third-order valence-electron chi connectivity index (χ3n) is 13.6. The predicted octanol–water partition coefficient (Wildman–Crippen LogP) is 8.88. The first-order chi connectivity index (χ1) is 21.5. The average Bonchev–Trinajstić information content (AvgIpc) is 3.32. The van der Waals surface area contributed by atoms with E-state index < -0.39 is 40.1 Å². The number of aliphatic hydroxyl groups excluding tert-OH is 1. The van der Waals surface area contributed by atoms with Crippen LogP contribution in [0.3, 0.4) is 0 Å². The van der Waals surface area contributed by atoms with Crippen molar-refractivity contribution in [2.45, 2.75) is 158 Å². The lowest BCUT2D eigenvalue weighted by Crippen LogP contribution is -2.60. The molecule has 1 aromatic rings. The van der Waals surface area contributed by atoms with Crippen LogP contribution in [0.1, 0.15) is 112 Å². The molecule has 47 heavy (non-hydrogen) atoms. The summed E-state index contributed by atoms with van der Waals surface area (Å²) in [5, 5.41) is 32.3. The highest BCUT2D eigenvalue weighted by molar-refractivity contribution is 7.92. The number of rotatable bonds is 9. The Kier molecular flexibility index (Phi) is 10.8. The Bertz CT molecular complexity index is 1480. The third kappa shape index (κ3) is 7.36. The van der Waals surface area contributed by atoms with Crippen LogP contribution in [0.4, 0.5) is 0 Å². The van der Waals surface area contributed by atoms with Crippen LogP contribution in [-0.2, 0) is 9.84 Å². The van der Waals surface area contributed by atoms with Crippen LogP contribution in [0.15, 0.2) is 64.6 Å². The zero-order valence-electron chi connectivity index (χ0n) is 31.0. The molecule has 1 aromatic carbocycles. The van der Waals surface area contributed by atoms with Gasteiger partial charge in [-0.2, -0.15) is 0 Å². The molecule has 0 heterocycles. The first kappa shape index (κ1) is 38.3. The van der Waals surface area contributed by atoms with E-state index in [0.717, 1.165) is 56.1 Å². The lowest BCUT2D eigenvalue weighted by Gasteiger charge is -2.52. The number of benzene rings is 1. The smallest absolute Gasteiger partial charge is 0.181 e. The minimum Gasteiger partial charge on any atom is -0.393 e. The van der Waals surface area contributed by atoms with E-state index in [1.54, 1.807) is 26.0 Å². The van der Waals surface area contributed by atoms with Crippen LogP contribution >= 0.6 is 0 Å². The summed E-state index contributed by atoms with van der Waals surface area (Å²) in [5.74, 6) is 0.318. The van der Waals surface area contributed by atoms with Crippen LogP contribution in [0.5, 0.6) is 0 Å². The Morgan fingerprint density at radius 1 is 1.04 bits per heavy atom. The molecule has 3 aliphatic rings. The van der Waals surface area contributed by atoms with Crippen molar-refractivity contribution in [1.82, 2.24) is 0 Å². The summed E-state index contributed by atoms with van der Waals surface area (Å²) in [7, 11) is -5.81. The first-order valence-electron chi connectivity index (χ1n) is 18.0. The molecule has 0 spiro atoms. The maximum atomic E-state index is 14.3. The van der Waals surface area contributed by atoms with Crippen LogP contribution in [0.25, 0.3) is 0 Å². The van der Waals surface area contributed by atoms with Crippen LogP contribution in [0.2, 0.25) is 18.1 Å². The topological polar surface area (TPSA) is 94.8 Å². The second kappa shape index (κ2) is 13.3. The van der Waals surface area contributed by atoms with Gasteiger partial charge in [-0.1, -0.05) is 95.3 Å². The molecule has 3 aliphatic carbocycles. The van der Waals surface area contributed by atoms with Crippen LogP contribution in [0, 0.1) is 30.1 Å². The summed E-state index contributed by atoms with van der Waals surface area (Å²) >= 11 is 0. The molecule has 0 aromatic heterocycles. The van der Waals surface area contributed by atoms with E-state index in [0.29, 0.717) is 12.3 Å². The second-order valence-electron chi connectivity index (χ2n) is 17.9. The molecule has 3 saturated carbocycles. The number of fused-ring (bicyclic) bond motifs is 1. The molecule has 0 amide bonds. The van der Waals surface area contributed by atoms with Gasteiger partial charge in [0.15, 0.2) is 9.84 Å². The number of aliphatic hydroxyl groups is 3. The predicted molar refractivity (Wildman–Crippen MR) is 198 cm³/mol. The van der Waals surface area contributed by atoms with Gasteiger partial charge in [0.2, 0.25) is 0 Å². The minimum absolute atomic E-state index is 0.00777. The van der Waals surface area contributed by atoms with Gasteiger partial charge in [0.05, 0.1) is 35.1 Å². The molecule has 0 saturated heterocycles. The summed E-state index contributed by atoms with van der Waals surface area (Å²) < 4.78 is 28.6. The number of aryl methyl sites for hydroxylation is 1. The molecule has 0 bridgehead atoms. The molecule has 7 heteroatoms. The summed E-state index contributed by atoms with van der Waals surface area (Å²) in [6, 6.07) is 7.02. The lowest BCUT2D eigenvalue weighted by atomic mass is 9.60. The zero-order valence-corrected chi connectivity index (χ0v) is 32.8. The number of hydrogen-bond acceptors (Lipinski definition) is 5. The van der Waals surface area contributed by atoms with Gasteiger partial charge in [-0.05, 0) is 124 Å². The van der Waals surface area contributed by atoms with Gasteiger partial charge < -0.3 is 15.3 Å². The average molecular weight is 685 g/mol.